The molecule has 2 aromatic carbocycles. The van der Waals surface area contributed by atoms with E-state index in [-0.39, 0.29) is 11.4 Å². The van der Waals surface area contributed by atoms with Crippen molar-refractivity contribution in [3.63, 3.8) is 0 Å². The maximum Gasteiger partial charge on any atom is 0.141 e. The molecule has 1 aliphatic heterocycles. The first-order valence-corrected chi connectivity index (χ1v) is 9.66. The second-order valence-electron chi connectivity index (χ2n) is 6.74. The van der Waals surface area contributed by atoms with Crippen LogP contribution in [-0.2, 0) is 0 Å². The third kappa shape index (κ3) is 2.86. The minimum absolute atomic E-state index is 0.217. The zero-order valence-corrected chi connectivity index (χ0v) is 15.8. The smallest absolute Gasteiger partial charge is 0.141 e. The molecule has 1 fully saturated rings. The zero-order valence-electron chi connectivity index (χ0n) is 14.2. The SMILES string of the molecule is CCNc1ccc2c(c1)OC1(CCCC1)C(Br)=C2c1ccc(F)cc1. The summed E-state index contributed by atoms with van der Waals surface area (Å²) in [5, 5.41) is 3.35. The fourth-order valence-corrected chi connectivity index (χ4v) is 4.82. The lowest BCUT2D eigenvalue weighted by Gasteiger charge is -2.37. The molecule has 1 heterocycles. The van der Waals surface area contributed by atoms with E-state index in [1.807, 2.05) is 12.1 Å². The lowest BCUT2D eigenvalue weighted by Crippen LogP contribution is -2.36. The maximum absolute atomic E-state index is 13.4. The van der Waals surface area contributed by atoms with Gasteiger partial charge in [0, 0.05) is 33.9 Å². The molecular formula is C21H21BrFNO. The van der Waals surface area contributed by atoms with Gasteiger partial charge in [-0.2, -0.15) is 0 Å². The summed E-state index contributed by atoms with van der Waals surface area (Å²) < 4.78 is 21.0. The average Bonchev–Trinajstić information content (AvgIpc) is 3.07. The number of hydrogen-bond acceptors (Lipinski definition) is 2. The molecule has 0 aromatic heterocycles. The molecule has 130 valence electrons. The largest absolute Gasteiger partial charge is 0.481 e. The Kier molecular flexibility index (Phi) is 4.32. The van der Waals surface area contributed by atoms with E-state index in [9.17, 15) is 4.39 Å². The molecular weight excluding hydrogens is 381 g/mol. The van der Waals surface area contributed by atoms with E-state index in [0.717, 1.165) is 64.8 Å². The monoisotopic (exact) mass is 401 g/mol. The van der Waals surface area contributed by atoms with Gasteiger partial charge >= 0.3 is 0 Å². The van der Waals surface area contributed by atoms with Gasteiger partial charge in [0.25, 0.3) is 0 Å². The van der Waals surface area contributed by atoms with Gasteiger partial charge in [-0.05, 0) is 62.4 Å². The molecule has 4 rings (SSSR count). The topological polar surface area (TPSA) is 21.3 Å². The molecule has 2 aliphatic rings. The van der Waals surface area contributed by atoms with Gasteiger partial charge in [-0.15, -0.1) is 0 Å². The van der Waals surface area contributed by atoms with Crippen LogP contribution in [0.2, 0.25) is 0 Å². The van der Waals surface area contributed by atoms with E-state index >= 15 is 0 Å². The van der Waals surface area contributed by atoms with Crippen LogP contribution in [0.15, 0.2) is 46.9 Å². The molecule has 0 amide bonds. The number of anilines is 1. The molecule has 0 unspecified atom stereocenters. The standard InChI is InChI=1S/C21H21BrFNO/c1-2-24-16-9-10-17-18(13-16)25-21(11-3-4-12-21)20(22)19(17)14-5-7-15(23)8-6-14/h5-10,13,24H,2-4,11-12H2,1H3. The van der Waals surface area contributed by atoms with Gasteiger partial charge in [0.2, 0.25) is 0 Å². The third-order valence-electron chi connectivity index (χ3n) is 5.10. The molecule has 2 nitrogen and oxygen atoms in total. The number of nitrogens with one attached hydrogen (secondary N) is 1. The van der Waals surface area contributed by atoms with Crippen LogP contribution in [0.25, 0.3) is 5.57 Å². The highest BCUT2D eigenvalue weighted by Gasteiger charge is 2.44. The highest BCUT2D eigenvalue weighted by atomic mass is 79.9. The molecule has 0 saturated heterocycles. The molecule has 1 spiro atoms. The molecule has 1 saturated carbocycles. The van der Waals surface area contributed by atoms with Gasteiger partial charge in [0.15, 0.2) is 0 Å². The van der Waals surface area contributed by atoms with Crippen molar-refractivity contribution < 1.29 is 9.13 Å². The highest BCUT2D eigenvalue weighted by Crippen LogP contribution is 2.52. The molecule has 0 atom stereocenters. The van der Waals surface area contributed by atoms with Gasteiger partial charge in [-0.1, -0.05) is 28.1 Å². The molecule has 1 N–H and O–H groups in total. The Morgan fingerprint density at radius 1 is 1.12 bits per heavy atom. The van der Waals surface area contributed by atoms with E-state index < -0.39 is 0 Å². The number of halogens is 2. The highest BCUT2D eigenvalue weighted by molar-refractivity contribution is 9.12. The summed E-state index contributed by atoms with van der Waals surface area (Å²) in [5.41, 5.74) is 3.96. The summed E-state index contributed by atoms with van der Waals surface area (Å²) in [7, 11) is 0. The fourth-order valence-electron chi connectivity index (χ4n) is 3.90. The number of benzene rings is 2. The predicted molar refractivity (Wildman–Crippen MR) is 104 cm³/mol. The maximum atomic E-state index is 13.4. The van der Waals surface area contributed by atoms with Gasteiger partial charge in [-0.25, -0.2) is 4.39 Å². The molecule has 25 heavy (non-hydrogen) atoms. The van der Waals surface area contributed by atoms with Crippen LogP contribution in [0.3, 0.4) is 0 Å². The predicted octanol–water partition coefficient (Wildman–Crippen LogP) is 6.12. The first kappa shape index (κ1) is 16.6. The van der Waals surface area contributed by atoms with Gasteiger partial charge in [-0.3, -0.25) is 0 Å². The zero-order chi connectivity index (χ0) is 17.4. The Morgan fingerprint density at radius 3 is 2.52 bits per heavy atom. The van der Waals surface area contributed by atoms with Crippen LogP contribution in [0.5, 0.6) is 5.75 Å². The summed E-state index contributed by atoms with van der Waals surface area (Å²) in [6.07, 6.45) is 4.33. The van der Waals surface area contributed by atoms with Crippen molar-refractivity contribution in [3.05, 3.63) is 63.9 Å². The third-order valence-corrected chi connectivity index (χ3v) is 6.22. The van der Waals surface area contributed by atoms with Crippen molar-refractivity contribution >= 4 is 27.2 Å². The van der Waals surface area contributed by atoms with Crippen molar-refractivity contribution in [2.75, 3.05) is 11.9 Å². The Morgan fingerprint density at radius 2 is 1.84 bits per heavy atom. The van der Waals surface area contributed by atoms with Gasteiger partial charge < -0.3 is 10.1 Å². The Hall–Kier alpha value is -1.81. The average molecular weight is 402 g/mol. The van der Waals surface area contributed by atoms with Crippen LogP contribution in [0.4, 0.5) is 10.1 Å². The summed E-state index contributed by atoms with van der Waals surface area (Å²) in [6.45, 7) is 2.95. The number of ether oxygens (including phenoxy) is 1. The first-order chi connectivity index (χ1) is 12.1. The first-order valence-electron chi connectivity index (χ1n) is 8.86. The normalized spacial score (nSPS) is 18.2. The number of hydrogen-bond donors (Lipinski definition) is 1. The van der Waals surface area contributed by atoms with E-state index in [1.165, 1.54) is 12.1 Å². The summed E-state index contributed by atoms with van der Waals surface area (Å²) in [6, 6.07) is 13.0. The van der Waals surface area contributed by atoms with E-state index in [1.54, 1.807) is 0 Å². The fraction of sp³-hybridized carbons (Fsp3) is 0.333. The summed E-state index contributed by atoms with van der Waals surface area (Å²) in [5.74, 6) is 0.689. The molecule has 0 bridgehead atoms. The number of rotatable bonds is 3. The minimum atomic E-state index is -0.290. The minimum Gasteiger partial charge on any atom is -0.481 e. The van der Waals surface area contributed by atoms with Gasteiger partial charge in [0.05, 0.1) is 0 Å². The van der Waals surface area contributed by atoms with Crippen molar-refractivity contribution in [3.8, 4) is 5.75 Å². The molecule has 1 aliphatic carbocycles. The quantitative estimate of drug-likeness (QED) is 0.668. The number of fused-ring (bicyclic) bond motifs is 1. The second kappa shape index (κ2) is 6.49. The molecule has 2 aromatic rings. The van der Waals surface area contributed by atoms with Crippen molar-refractivity contribution in [2.45, 2.75) is 38.2 Å². The Bertz CT molecular complexity index is 822. The lowest BCUT2D eigenvalue weighted by atomic mass is 9.87. The van der Waals surface area contributed by atoms with Crippen molar-refractivity contribution in [2.24, 2.45) is 0 Å². The molecule has 4 heteroatoms. The Balaban J connectivity index is 1.90. The van der Waals surface area contributed by atoms with Crippen molar-refractivity contribution in [1.82, 2.24) is 0 Å². The van der Waals surface area contributed by atoms with Crippen LogP contribution >= 0.6 is 15.9 Å². The lowest BCUT2D eigenvalue weighted by molar-refractivity contribution is 0.121. The van der Waals surface area contributed by atoms with Crippen molar-refractivity contribution in [1.29, 1.82) is 0 Å². The summed E-state index contributed by atoms with van der Waals surface area (Å²) >= 11 is 3.86. The van der Waals surface area contributed by atoms with Crippen LogP contribution in [-0.4, -0.2) is 12.1 Å². The van der Waals surface area contributed by atoms with Gasteiger partial charge in [0.1, 0.15) is 17.2 Å². The second-order valence-corrected chi connectivity index (χ2v) is 7.53. The molecule has 0 radical (unpaired) electrons. The summed E-state index contributed by atoms with van der Waals surface area (Å²) in [4.78, 5) is 0. The van der Waals surface area contributed by atoms with Crippen LogP contribution < -0.4 is 10.1 Å². The van der Waals surface area contributed by atoms with Crippen LogP contribution in [0.1, 0.15) is 43.7 Å². The van der Waals surface area contributed by atoms with E-state index in [2.05, 4.69) is 46.4 Å². The van der Waals surface area contributed by atoms with Crippen LogP contribution in [0, 0.1) is 5.82 Å². The van der Waals surface area contributed by atoms with E-state index in [0.29, 0.717) is 0 Å². The van der Waals surface area contributed by atoms with E-state index in [4.69, 9.17) is 4.74 Å². The Labute approximate surface area is 156 Å².